The maximum Gasteiger partial charge on any atom is 0.162 e. The van der Waals surface area contributed by atoms with E-state index in [-0.39, 0.29) is 6.10 Å². The molecule has 0 spiro atoms. The quantitative estimate of drug-likeness (QED) is 0.839. The minimum absolute atomic E-state index is 0.310. The Hall–Kier alpha value is -1.75. The van der Waals surface area contributed by atoms with Gasteiger partial charge in [-0.1, -0.05) is 35.9 Å². The molecule has 23 heavy (non-hydrogen) atoms. The number of hydrogen-bond donors (Lipinski definition) is 1. The summed E-state index contributed by atoms with van der Waals surface area (Å²) < 4.78 is 17.3. The van der Waals surface area contributed by atoms with Gasteiger partial charge in [0.25, 0.3) is 0 Å². The van der Waals surface area contributed by atoms with E-state index in [0.717, 1.165) is 5.56 Å². The zero-order valence-corrected chi connectivity index (χ0v) is 14.3. The molecule has 0 saturated heterocycles. The van der Waals surface area contributed by atoms with Crippen LogP contribution in [0.4, 0.5) is 0 Å². The Balaban J connectivity index is 2.47. The predicted molar refractivity (Wildman–Crippen MR) is 92.3 cm³/mol. The molecule has 2 aromatic carbocycles. The van der Waals surface area contributed by atoms with Gasteiger partial charge in [-0.05, 0) is 36.8 Å². The first-order valence-electron chi connectivity index (χ1n) is 7.36. The third-order valence-electron chi connectivity index (χ3n) is 3.92. The van der Waals surface area contributed by atoms with E-state index in [1.54, 1.807) is 14.2 Å². The van der Waals surface area contributed by atoms with Crippen molar-refractivity contribution >= 4 is 11.6 Å². The van der Waals surface area contributed by atoms with E-state index < -0.39 is 5.60 Å². The topological polar surface area (TPSA) is 53.7 Å². The molecule has 0 heterocycles. The lowest BCUT2D eigenvalue weighted by Gasteiger charge is -2.37. The first-order chi connectivity index (χ1) is 11.0. The number of benzene rings is 2. The van der Waals surface area contributed by atoms with Gasteiger partial charge >= 0.3 is 0 Å². The molecule has 2 atom stereocenters. The summed E-state index contributed by atoms with van der Waals surface area (Å²) in [6, 6.07) is 15.0. The van der Waals surface area contributed by atoms with Gasteiger partial charge in [-0.25, -0.2) is 0 Å². The van der Waals surface area contributed by atoms with E-state index in [1.807, 2.05) is 55.5 Å². The van der Waals surface area contributed by atoms with Crippen LogP contribution in [0.5, 0.6) is 11.5 Å². The van der Waals surface area contributed by atoms with Crippen LogP contribution in [0.1, 0.15) is 12.5 Å². The summed E-state index contributed by atoms with van der Waals surface area (Å²) in [4.78, 5) is 0. The Morgan fingerprint density at radius 2 is 1.65 bits per heavy atom. The average molecular weight is 336 g/mol. The van der Waals surface area contributed by atoms with Crippen LogP contribution in [0.2, 0.25) is 5.02 Å². The van der Waals surface area contributed by atoms with E-state index in [9.17, 15) is 0 Å². The maximum absolute atomic E-state index is 6.32. The van der Waals surface area contributed by atoms with Crippen molar-refractivity contribution in [2.24, 2.45) is 5.73 Å². The fourth-order valence-electron chi connectivity index (χ4n) is 2.57. The van der Waals surface area contributed by atoms with Gasteiger partial charge in [0.05, 0.1) is 7.11 Å². The molecule has 4 nitrogen and oxygen atoms in total. The molecule has 0 amide bonds. The second kappa shape index (κ2) is 7.68. The summed E-state index contributed by atoms with van der Waals surface area (Å²) >= 11 is 6.00. The van der Waals surface area contributed by atoms with Gasteiger partial charge in [-0.3, -0.25) is 0 Å². The minimum Gasteiger partial charge on any atom is -0.493 e. The molecule has 0 fully saturated rings. The van der Waals surface area contributed by atoms with Crippen molar-refractivity contribution < 1.29 is 14.2 Å². The summed E-state index contributed by atoms with van der Waals surface area (Å²) in [6.45, 7) is 2.26. The summed E-state index contributed by atoms with van der Waals surface area (Å²) in [6.07, 6.45) is -0.339. The monoisotopic (exact) mass is 335 g/mol. The largest absolute Gasteiger partial charge is 0.493 e. The van der Waals surface area contributed by atoms with Crippen molar-refractivity contribution in [3.05, 3.63) is 59.1 Å². The number of methoxy groups -OCH3 is 2. The van der Waals surface area contributed by atoms with Gasteiger partial charge in [-0.15, -0.1) is 0 Å². The van der Waals surface area contributed by atoms with Crippen molar-refractivity contribution in [2.75, 3.05) is 20.8 Å². The van der Waals surface area contributed by atoms with Gasteiger partial charge in [0.15, 0.2) is 17.1 Å². The summed E-state index contributed by atoms with van der Waals surface area (Å²) in [5.74, 6) is 1.28. The Morgan fingerprint density at radius 1 is 1.04 bits per heavy atom. The van der Waals surface area contributed by atoms with Crippen LogP contribution in [0.25, 0.3) is 0 Å². The van der Waals surface area contributed by atoms with Crippen molar-refractivity contribution in [3.63, 3.8) is 0 Å². The molecule has 0 saturated carbocycles. The van der Waals surface area contributed by atoms with Gasteiger partial charge in [0.2, 0.25) is 0 Å². The SMILES string of the molecule is COc1ccccc1OC(C)(c1ccc(Cl)cc1)C(CN)OC. The molecule has 124 valence electrons. The van der Waals surface area contributed by atoms with Crippen LogP contribution < -0.4 is 15.2 Å². The van der Waals surface area contributed by atoms with Crippen LogP contribution in [0, 0.1) is 0 Å². The minimum atomic E-state index is -0.789. The smallest absolute Gasteiger partial charge is 0.162 e. The third-order valence-corrected chi connectivity index (χ3v) is 4.17. The molecule has 2 N–H and O–H groups in total. The lowest BCUT2D eigenvalue weighted by molar-refractivity contribution is -0.0646. The molecule has 0 aliphatic heterocycles. The molecule has 0 aliphatic rings. The molecule has 0 aliphatic carbocycles. The van der Waals surface area contributed by atoms with Crippen molar-refractivity contribution in [1.29, 1.82) is 0 Å². The summed E-state index contributed by atoms with van der Waals surface area (Å²) in [5.41, 5.74) is 6.03. The standard InChI is InChI=1S/C18H22ClNO3/c1-18(17(12-20)22-3,13-8-10-14(19)11-9-13)23-16-7-5-4-6-15(16)21-2/h4-11,17H,12,20H2,1-3H3. The lowest BCUT2D eigenvalue weighted by atomic mass is 9.89. The Morgan fingerprint density at radius 3 is 2.17 bits per heavy atom. The predicted octanol–water partition coefficient (Wildman–Crippen LogP) is 3.62. The first-order valence-corrected chi connectivity index (χ1v) is 7.74. The second-order valence-corrected chi connectivity index (χ2v) is 5.76. The number of ether oxygens (including phenoxy) is 3. The van der Waals surface area contributed by atoms with Crippen molar-refractivity contribution in [1.82, 2.24) is 0 Å². The number of halogens is 1. The van der Waals surface area contributed by atoms with Crippen LogP contribution in [-0.2, 0) is 10.3 Å². The van der Waals surface area contributed by atoms with Gasteiger partial charge in [0, 0.05) is 18.7 Å². The molecule has 0 aromatic heterocycles. The zero-order valence-electron chi connectivity index (χ0n) is 13.6. The van der Waals surface area contributed by atoms with E-state index in [2.05, 4.69) is 0 Å². The zero-order chi connectivity index (χ0) is 16.9. The molecule has 0 radical (unpaired) electrons. The van der Waals surface area contributed by atoms with Crippen molar-refractivity contribution in [3.8, 4) is 11.5 Å². The normalized spacial score (nSPS) is 14.8. The fraction of sp³-hybridized carbons (Fsp3) is 0.333. The summed E-state index contributed by atoms with van der Waals surface area (Å²) in [7, 11) is 3.23. The van der Waals surface area contributed by atoms with E-state index in [4.69, 9.17) is 31.5 Å². The van der Waals surface area contributed by atoms with Crippen LogP contribution in [0.15, 0.2) is 48.5 Å². The van der Waals surface area contributed by atoms with Gasteiger partial charge in [0.1, 0.15) is 6.10 Å². The molecule has 2 rings (SSSR count). The molecule has 0 bridgehead atoms. The molecule has 5 heteroatoms. The highest BCUT2D eigenvalue weighted by Crippen LogP contribution is 2.37. The Kier molecular flexibility index (Phi) is 5.88. The van der Waals surface area contributed by atoms with E-state index in [0.29, 0.717) is 23.1 Å². The highest BCUT2D eigenvalue weighted by atomic mass is 35.5. The number of hydrogen-bond acceptors (Lipinski definition) is 4. The number of para-hydroxylation sites is 2. The van der Waals surface area contributed by atoms with E-state index in [1.165, 1.54) is 0 Å². The molecular weight excluding hydrogens is 314 g/mol. The molecule has 2 aromatic rings. The van der Waals surface area contributed by atoms with Gasteiger partial charge in [-0.2, -0.15) is 0 Å². The molecular formula is C18H22ClNO3. The summed E-state index contributed by atoms with van der Waals surface area (Å²) in [5, 5.41) is 0.662. The fourth-order valence-corrected chi connectivity index (χ4v) is 2.69. The van der Waals surface area contributed by atoms with Crippen LogP contribution in [-0.4, -0.2) is 26.9 Å². The Labute approximate surface area is 142 Å². The number of nitrogens with two attached hydrogens (primary N) is 1. The van der Waals surface area contributed by atoms with Crippen LogP contribution in [0.3, 0.4) is 0 Å². The Bertz CT molecular complexity index is 628. The maximum atomic E-state index is 6.32. The van der Waals surface area contributed by atoms with Gasteiger partial charge < -0.3 is 19.9 Å². The van der Waals surface area contributed by atoms with Crippen LogP contribution >= 0.6 is 11.6 Å². The van der Waals surface area contributed by atoms with Crippen molar-refractivity contribution in [2.45, 2.75) is 18.6 Å². The van der Waals surface area contributed by atoms with E-state index >= 15 is 0 Å². The third kappa shape index (κ3) is 3.78. The first kappa shape index (κ1) is 17.6. The lowest BCUT2D eigenvalue weighted by Crippen LogP contribution is -2.47. The molecule has 2 unspecified atom stereocenters. The average Bonchev–Trinajstić information content (AvgIpc) is 2.57. The highest BCUT2D eigenvalue weighted by molar-refractivity contribution is 6.30. The number of rotatable bonds is 7. The highest BCUT2D eigenvalue weighted by Gasteiger charge is 2.38. The second-order valence-electron chi connectivity index (χ2n) is 5.33.